The van der Waals surface area contributed by atoms with Crippen molar-refractivity contribution in [3.05, 3.63) is 0 Å². The minimum absolute atomic E-state index is 0.0245. The summed E-state index contributed by atoms with van der Waals surface area (Å²) in [6, 6.07) is 0.418. The Kier molecular flexibility index (Phi) is 5.81. The quantitative estimate of drug-likeness (QED) is 0.718. The third-order valence-corrected chi connectivity index (χ3v) is 4.46. The summed E-state index contributed by atoms with van der Waals surface area (Å²) in [5.74, 6) is -0.147. The van der Waals surface area contributed by atoms with E-state index in [9.17, 15) is 4.79 Å². The number of hydrogen-bond donors (Lipinski definition) is 0. The van der Waals surface area contributed by atoms with Crippen molar-refractivity contribution in [3.8, 4) is 0 Å². The molecule has 0 aromatic carbocycles. The highest BCUT2D eigenvalue weighted by molar-refractivity contribution is 5.71. The van der Waals surface area contributed by atoms with Crippen molar-refractivity contribution in [3.63, 3.8) is 0 Å². The molecule has 2 aliphatic rings. The second-order valence-electron chi connectivity index (χ2n) is 5.84. The van der Waals surface area contributed by atoms with E-state index in [2.05, 4.69) is 11.8 Å². The maximum Gasteiger partial charge on any atom is 0.319 e. The molecule has 0 amide bonds. The van der Waals surface area contributed by atoms with Gasteiger partial charge in [0.05, 0.1) is 19.3 Å². The molecule has 2 fully saturated rings. The van der Waals surface area contributed by atoms with E-state index in [1.165, 1.54) is 7.11 Å². The van der Waals surface area contributed by atoms with Crippen LogP contribution in [0, 0.1) is 0 Å². The van der Waals surface area contributed by atoms with Crippen LogP contribution in [-0.4, -0.2) is 62.5 Å². The number of hydrogen-bond acceptors (Lipinski definition) is 5. The third kappa shape index (κ3) is 3.93. The van der Waals surface area contributed by atoms with Crippen LogP contribution in [0.3, 0.4) is 0 Å². The van der Waals surface area contributed by atoms with Crippen LogP contribution in [0.4, 0.5) is 0 Å². The number of rotatable bonds is 5. The largest absolute Gasteiger partial charge is 0.468 e. The predicted octanol–water partition coefficient (Wildman–Crippen LogP) is 1.60. The highest BCUT2D eigenvalue weighted by Gasteiger charge is 2.40. The zero-order valence-electron chi connectivity index (χ0n) is 12.7. The number of methoxy groups -OCH3 is 1. The van der Waals surface area contributed by atoms with Crippen LogP contribution in [0.1, 0.15) is 39.0 Å². The van der Waals surface area contributed by atoms with Crippen molar-refractivity contribution in [2.45, 2.75) is 50.7 Å². The lowest BCUT2D eigenvalue weighted by molar-refractivity contribution is -0.157. The van der Waals surface area contributed by atoms with Crippen molar-refractivity contribution in [2.24, 2.45) is 0 Å². The van der Waals surface area contributed by atoms with Gasteiger partial charge in [-0.2, -0.15) is 0 Å². The summed E-state index contributed by atoms with van der Waals surface area (Å²) in [7, 11) is 1.45. The van der Waals surface area contributed by atoms with Gasteiger partial charge in [0, 0.05) is 25.9 Å². The average Bonchev–Trinajstić information content (AvgIpc) is 2.47. The van der Waals surface area contributed by atoms with Crippen LogP contribution in [-0.2, 0) is 19.0 Å². The molecular formula is C15H27NO4. The topological polar surface area (TPSA) is 48.0 Å². The van der Waals surface area contributed by atoms with Crippen molar-refractivity contribution in [1.29, 1.82) is 0 Å². The van der Waals surface area contributed by atoms with Gasteiger partial charge < -0.3 is 14.2 Å². The van der Waals surface area contributed by atoms with Crippen LogP contribution in [0.15, 0.2) is 0 Å². The van der Waals surface area contributed by atoms with Gasteiger partial charge in [0.2, 0.25) is 0 Å². The highest BCUT2D eigenvalue weighted by atomic mass is 16.5. The number of carbonyl (C=O) groups excluding carboxylic acids is 1. The summed E-state index contributed by atoms with van der Waals surface area (Å²) in [5.41, 5.74) is -0.0245. The molecule has 0 aromatic heterocycles. The normalized spacial score (nSPS) is 25.9. The fourth-order valence-electron chi connectivity index (χ4n) is 3.31. The predicted molar refractivity (Wildman–Crippen MR) is 75.6 cm³/mol. The van der Waals surface area contributed by atoms with Gasteiger partial charge in [0.1, 0.15) is 0 Å². The molecule has 116 valence electrons. The van der Waals surface area contributed by atoms with Crippen molar-refractivity contribution in [1.82, 2.24) is 4.90 Å². The van der Waals surface area contributed by atoms with Gasteiger partial charge in [-0.05, 0) is 38.6 Å². The van der Waals surface area contributed by atoms with Gasteiger partial charge in [-0.1, -0.05) is 6.92 Å². The summed E-state index contributed by atoms with van der Waals surface area (Å²) in [6.45, 7) is 5.84. The zero-order valence-corrected chi connectivity index (χ0v) is 12.7. The van der Waals surface area contributed by atoms with E-state index in [0.717, 1.165) is 58.5 Å². The zero-order chi connectivity index (χ0) is 14.4. The number of ether oxygens (including phenoxy) is 3. The van der Waals surface area contributed by atoms with Gasteiger partial charge in [-0.15, -0.1) is 0 Å². The number of carbonyl (C=O) groups is 1. The van der Waals surface area contributed by atoms with Gasteiger partial charge in [0.25, 0.3) is 0 Å². The first kappa shape index (κ1) is 15.7. The molecule has 0 N–H and O–H groups in total. The van der Waals surface area contributed by atoms with E-state index in [1.807, 2.05) is 0 Å². The molecule has 0 bridgehead atoms. The first-order valence-electron chi connectivity index (χ1n) is 7.72. The van der Waals surface area contributed by atoms with E-state index in [1.54, 1.807) is 0 Å². The number of esters is 1. The first-order chi connectivity index (χ1) is 9.69. The molecule has 2 heterocycles. The molecule has 5 heteroatoms. The Bertz CT molecular complexity index is 309. The average molecular weight is 285 g/mol. The molecular weight excluding hydrogens is 258 g/mol. The molecule has 5 nitrogen and oxygen atoms in total. The Morgan fingerprint density at radius 1 is 1.35 bits per heavy atom. The molecule has 2 saturated heterocycles. The smallest absolute Gasteiger partial charge is 0.319 e. The standard InChI is InChI=1S/C15H27NO4/c1-3-7-16(12-14(17)18-2)13-4-8-20-15(11-13)5-9-19-10-6-15/h13H,3-12H2,1-2H3. The Hall–Kier alpha value is -0.650. The van der Waals surface area contributed by atoms with Crippen LogP contribution in [0.2, 0.25) is 0 Å². The monoisotopic (exact) mass is 285 g/mol. The third-order valence-electron chi connectivity index (χ3n) is 4.46. The fourth-order valence-corrected chi connectivity index (χ4v) is 3.31. The number of nitrogens with zero attached hydrogens (tertiary/aromatic N) is 1. The van der Waals surface area contributed by atoms with E-state index < -0.39 is 0 Å². The van der Waals surface area contributed by atoms with Crippen LogP contribution in [0.5, 0.6) is 0 Å². The fraction of sp³-hybridized carbons (Fsp3) is 0.933. The lowest BCUT2D eigenvalue weighted by Gasteiger charge is -2.46. The van der Waals surface area contributed by atoms with Crippen LogP contribution in [0.25, 0.3) is 0 Å². The maximum atomic E-state index is 11.6. The van der Waals surface area contributed by atoms with E-state index >= 15 is 0 Å². The van der Waals surface area contributed by atoms with E-state index in [4.69, 9.17) is 14.2 Å². The van der Waals surface area contributed by atoms with Crippen molar-refractivity contribution >= 4 is 5.97 Å². The lowest BCUT2D eigenvalue weighted by Crippen LogP contribution is -2.52. The lowest BCUT2D eigenvalue weighted by atomic mass is 9.83. The second kappa shape index (κ2) is 7.38. The second-order valence-corrected chi connectivity index (χ2v) is 5.84. The molecule has 2 rings (SSSR count). The summed E-state index contributed by atoms with van der Waals surface area (Å²) in [4.78, 5) is 13.9. The van der Waals surface area contributed by atoms with Crippen molar-refractivity contribution in [2.75, 3.05) is 40.0 Å². The summed E-state index contributed by atoms with van der Waals surface area (Å²) in [6.07, 6.45) is 5.00. The highest BCUT2D eigenvalue weighted by Crippen LogP contribution is 2.36. The van der Waals surface area contributed by atoms with Gasteiger partial charge in [-0.3, -0.25) is 9.69 Å². The van der Waals surface area contributed by atoms with Gasteiger partial charge in [0.15, 0.2) is 0 Å². The molecule has 2 aliphatic heterocycles. The Morgan fingerprint density at radius 3 is 2.75 bits per heavy atom. The Morgan fingerprint density at radius 2 is 2.10 bits per heavy atom. The Labute approximate surface area is 121 Å². The minimum Gasteiger partial charge on any atom is -0.468 e. The maximum absolute atomic E-state index is 11.6. The van der Waals surface area contributed by atoms with Gasteiger partial charge >= 0.3 is 5.97 Å². The first-order valence-corrected chi connectivity index (χ1v) is 7.72. The molecule has 1 spiro atoms. The van der Waals surface area contributed by atoms with Gasteiger partial charge in [-0.25, -0.2) is 0 Å². The summed E-state index contributed by atoms with van der Waals surface area (Å²) in [5, 5.41) is 0. The SMILES string of the molecule is CCCN(CC(=O)OC)C1CCOC2(CCOCC2)C1. The molecule has 1 atom stereocenters. The van der Waals surface area contributed by atoms with Crippen LogP contribution >= 0.6 is 0 Å². The summed E-state index contributed by atoms with van der Waals surface area (Å²) >= 11 is 0. The Balaban J connectivity index is 1.98. The molecule has 0 radical (unpaired) electrons. The van der Waals surface area contributed by atoms with E-state index in [0.29, 0.717) is 12.6 Å². The summed E-state index contributed by atoms with van der Waals surface area (Å²) < 4.78 is 16.4. The van der Waals surface area contributed by atoms with E-state index in [-0.39, 0.29) is 11.6 Å². The molecule has 1 unspecified atom stereocenters. The minimum atomic E-state index is -0.147. The van der Waals surface area contributed by atoms with Crippen molar-refractivity contribution < 1.29 is 19.0 Å². The molecule has 0 saturated carbocycles. The van der Waals surface area contributed by atoms with Crippen LogP contribution < -0.4 is 0 Å². The molecule has 20 heavy (non-hydrogen) atoms. The molecule has 0 aromatic rings. The molecule has 0 aliphatic carbocycles.